The molecule has 0 bridgehead atoms. The lowest BCUT2D eigenvalue weighted by molar-refractivity contribution is 0.0635. The number of nitrogens with one attached hydrogen (secondary N) is 1. The molecule has 0 unspecified atom stereocenters. The molecule has 0 spiro atoms. The fourth-order valence-electron chi connectivity index (χ4n) is 3.72. The Morgan fingerprint density at radius 3 is 2.17 bits per heavy atom. The van der Waals surface area contributed by atoms with Gasteiger partial charge in [-0.3, -0.25) is 5.32 Å². The van der Waals surface area contributed by atoms with Crippen molar-refractivity contribution in [2.24, 2.45) is 0 Å². The summed E-state index contributed by atoms with van der Waals surface area (Å²) < 4.78 is 11.0. The average Bonchev–Trinajstić information content (AvgIpc) is 3.14. The number of amides is 1. The number of fused-ring (bicyclic) bond motifs is 2. The van der Waals surface area contributed by atoms with E-state index in [2.05, 4.69) is 18.0 Å². The lowest BCUT2D eigenvalue weighted by atomic mass is 9.99. The second kappa shape index (κ2) is 6.88. The molecule has 1 aromatic rings. The van der Waals surface area contributed by atoms with Crippen molar-refractivity contribution in [3.05, 3.63) is 40.7 Å². The van der Waals surface area contributed by atoms with E-state index in [0.717, 1.165) is 44.2 Å². The Morgan fingerprint density at radius 2 is 1.62 bits per heavy atom. The molecule has 0 aliphatic heterocycles. The molecule has 2 aliphatic carbocycles. The summed E-state index contributed by atoms with van der Waals surface area (Å²) in [5.74, 6) is 0.476. The van der Waals surface area contributed by atoms with Gasteiger partial charge in [0.2, 0.25) is 0 Å². The average molecular weight is 329 g/mol. The van der Waals surface area contributed by atoms with Crippen LogP contribution in [-0.4, -0.2) is 18.3 Å². The van der Waals surface area contributed by atoms with Gasteiger partial charge in [0, 0.05) is 0 Å². The largest absolute Gasteiger partial charge is 0.492 e. The maximum Gasteiger partial charge on any atom is 0.412 e. The lowest BCUT2D eigenvalue weighted by Crippen LogP contribution is -2.24. The molecule has 4 nitrogen and oxygen atoms in total. The van der Waals surface area contributed by atoms with E-state index >= 15 is 0 Å². The van der Waals surface area contributed by atoms with Gasteiger partial charge in [0.1, 0.15) is 5.76 Å². The molecule has 4 heteroatoms. The fraction of sp³-hybridized carbons (Fsp3) is 0.550. The van der Waals surface area contributed by atoms with E-state index in [1.165, 1.54) is 22.3 Å². The first-order valence-electron chi connectivity index (χ1n) is 8.95. The zero-order valence-corrected chi connectivity index (χ0v) is 14.9. The van der Waals surface area contributed by atoms with E-state index < -0.39 is 12.2 Å². The summed E-state index contributed by atoms with van der Waals surface area (Å²) in [6, 6.07) is 2.35. The summed E-state index contributed by atoms with van der Waals surface area (Å²) in [7, 11) is 0. The second-order valence-electron chi connectivity index (χ2n) is 7.04. The molecule has 1 amide bonds. The smallest absolute Gasteiger partial charge is 0.412 e. The van der Waals surface area contributed by atoms with Gasteiger partial charge in [0.25, 0.3) is 0 Å². The Hall–Kier alpha value is -1.97. The maximum atomic E-state index is 12.4. The van der Waals surface area contributed by atoms with Crippen molar-refractivity contribution in [2.75, 3.05) is 5.32 Å². The van der Waals surface area contributed by atoms with Gasteiger partial charge in [-0.15, -0.1) is 0 Å². The van der Waals surface area contributed by atoms with Crippen molar-refractivity contribution < 1.29 is 14.3 Å². The van der Waals surface area contributed by atoms with Crippen LogP contribution < -0.4 is 5.32 Å². The van der Waals surface area contributed by atoms with E-state index in [0.29, 0.717) is 5.76 Å². The molecular weight excluding hydrogens is 302 g/mol. The van der Waals surface area contributed by atoms with E-state index in [1.54, 1.807) is 6.92 Å². The number of carbonyl (C=O) groups is 1. The Kier molecular flexibility index (Phi) is 4.83. The van der Waals surface area contributed by atoms with Crippen LogP contribution >= 0.6 is 0 Å². The fourth-order valence-corrected chi connectivity index (χ4v) is 3.72. The molecule has 0 radical (unpaired) electrons. The second-order valence-corrected chi connectivity index (χ2v) is 7.04. The Bertz CT molecular complexity index is 631. The molecule has 0 saturated heterocycles. The molecule has 130 valence electrons. The van der Waals surface area contributed by atoms with Gasteiger partial charge in [-0.2, -0.15) is 0 Å². The van der Waals surface area contributed by atoms with Gasteiger partial charge in [-0.05, 0) is 81.5 Å². The monoisotopic (exact) mass is 329 g/mol. The summed E-state index contributed by atoms with van der Waals surface area (Å²) in [5.41, 5.74) is 6.40. The topological polar surface area (TPSA) is 47.6 Å². The van der Waals surface area contributed by atoms with E-state index in [9.17, 15) is 4.79 Å². The molecule has 1 N–H and O–H groups in total. The minimum atomic E-state index is -0.475. The number of hydrogen-bond donors (Lipinski definition) is 1. The van der Waals surface area contributed by atoms with Gasteiger partial charge in [-0.25, -0.2) is 4.79 Å². The van der Waals surface area contributed by atoms with Crippen molar-refractivity contribution >= 4 is 11.8 Å². The number of aryl methyl sites for hydroxylation is 2. The zero-order valence-electron chi connectivity index (χ0n) is 14.9. The molecular formula is C20H27NO3. The molecule has 0 fully saturated rings. The quantitative estimate of drug-likeness (QED) is 0.807. The van der Waals surface area contributed by atoms with Crippen molar-refractivity contribution in [1.82, 2.24) is 0 Å². The molecule has 0 aromatic heterocycles. The van der Waals surface area contributed by atoms with Crippen LogP contribution in [0.15, 0.2) is 18.4 Å². The van der Waals surface area contributed by atoms with Crippen LogP contribution in [-0.2, 0) is 35.2 Å². The molecule has 1 atom stereocenters. The van der Waals surface area contributed by atoms with Crippen molar-refractivity contribution in [1.29, 1.82) is 0 Å². The van der Waals surface area contributed by atoms with E-state index in [-0.39, 0.29) is 6.10 Å². The summed E-state index contributed by atoms with van der Waals surface area (Å²) >= 11 is 0. The van der Waals surface area contributed by atoms with Crippen molar-refractivity contribution in [3.63, 3.8) is 0 Å². The van der Waals surface area contributed by atoms with Crippen LogP contribution in [0.2, 0.25) is 0 Å². The number of hydrogen-bond acceptors (Lipinski definition) is 3. The number of rotatable bonds is 5. The highest BCUT2D eigenvalue weighted by Crippen LogP contribution is 2.38. The van der Waals surface area contributed by atoms with Crippen molar-refractivity contribution in [3.8, 4) is 0 Å². The maximum absolute atomic E-state index is 12.4. The molecule has 1 aromatic carbocycles. The van der Waals surface area contributed by atoms with Gasteiger partial charge < -0.3 is 9.47 Å². The standard InChI is InChI=1S/C20H27NO3/c1-12(2)23-13(3)14(4)24-20(22)21-19-17-9-5-7-15(17)11-16-8-6-10-18(16)19/h11-12,14H,3,5-10H2,1-2,4H3,(H,21,22)/t14-/m0/s1. The number of anilines is 1. The van der Waals surface area contributed by atoms with E-state index in [4.69, 9.17) is 9.47 Å². The van der Waals surface area contributed by atoms with Gasteiger partial charge in [-0.1, -0.05) is 12.6 Å². The first kappa shape index (κ1) is 16.9. The van der Waals surface area contributed by atoms with Crippen LogP contribution in [0.25, 0.3) is 0 Å². The van der Waals surface area contributed by atoms with Gasteiger partial charge in [0.05, 0.1) is 11.8 Å². The third-order valence-electron chi connectivity index (χ3n) is 4.82. The third-order valence-corrected chi connectivity index (χ3v) is 4.82. The zero-order chi connectivity index (χ0) is 17.3. The normalized spacial score (nSPS) is 16.5. The molecule has 0 saturated carbocycles. The predicted octanol–water partition coefficient (Wildman–Crippen LogP) is 4.54. The summed E-state index contributed by atoms with van der Waals surface area (Å²) in [5, 5.41) is 3.02. The number of carbonyl (C=O) groups excluding carboxylic acids is 1. The van der Waals surface area contributed by atoms with Gasteiger partial charge >= 0.3 is 6.09 Å². The minimum Gasteiger partial charge on any atom is -0.492 e. The Balaban J connectivity index is 1.72. The third kappa shape index (κ3) is 3.42. The highest BCUT2D eigenvalue weighted by molar-refractivity contribution is 5.88. The Morgan fingerprint density at radius 1 is 1.04 bits per heavy atom. The van der Waals surface area contributed by atoms with Crippen LogP contribution in [0.1, 0.15) is 55.9 Å². The van der Waals surface area contributed by atoms with E-state index in [1.807, 2.05) is 13.8 Å². The highest BCUT2D eigenvalue weighted by atomic mass is 16.6. The highest BCUT2D eigenvalue weighted by Gasteiger charge is 2.26. The number of benzene rings is 1. The van der Waals surface area contributed by atoms with Crippen LogP contribution in [0.4, 0.5) is 10.5 Å². The van der Waals surface area contributed by atoms with Crippen LogP contribution in [0, 0.1) is 0 Å². The summed E-state index contributed by atoms with van der Waals surface area (Å²) in [6.07, 6.45) is 5.75. The Labute approximate surface area is 144 Å². The van der Waals surface area contributed by atoms with Crippen LogP contribution in [0.3, 0.4) is 0 Å². The lowest BCUT2D eigenvalue weighted by Gasteiger charge is -2.20. The first-order chi connectivity index (χ1) is 11.5. The van der Waals surface area contributed by atoms with Gasteiger partial charge in [0.15, 0.2) is 6.10 Å². The van der Waals surface area contributed by atoms with Crippen molar-refractivity contribution in [2.45, 2.75) is 71.5 Å². The SMILES string of the molecule is C=C(OC(C)C)[C@H](C)OC(=O)Nc1c2c(cc3c1CCC3)CCC2. The summed E-state index contributed by atoms with van der Waals surface area (Å²) in [4.78, 5) is 12.4. The molecule has 2 aliphatic rings. The minimum absolute atomic E-state index is 0.0206. The summed E-state index contributed by atoms with van der Waals surface area (Å²) in [6.45, 7) is 9.48. The van der Waals surface area contributed by atoms with Crippen LogP contribution in [0.5, 0.6) is 0 Å². The number of ether oxygens (including phenoxy) is 2. The predicted molar refractivity (Wildman–Crippen MR) is 95.4 cm³/mol. The molecule has 24 heavy (non-hydrogen) atoms. The molecule has 3 rings (SSSR count). The first-order valence-corrected chi connectivity index (χ1v) is 8.95. The molecule has 0 heterocycles.